The predicted octanol–water partition coefficient (Wildman–Crippen LogP) is 4.19. The second-order valence-electron chi connectivity index (χ2n) is 3.26. The Kier molecular flexibility index (Phi) is 6.57. The summed E-state index contributed by atoms with van der Waals surface area (Å²) in [7, 11) is 0. The fourth-order valence-electron chi connectivity index (χ4n) is 1.05. The van der Waals surface area contributed by atoms with E-state index in [0.717, 1.165) is 19.3 Å². The largest absolute Gasteiger partial charge is 0.503 e. The molecule has 3 nitrogen and oxygen atoms in total. The van der Waals surface area contributed by atoms with E-state index in [9.17, 15) is 5.11 Å². The van der Waals surface area contributed by atoms with Gasteiger partial charge in [-0.2, -0.15) is 0 Å². The molecule has 0 amide bonds. The number of rotatable bonds is 6. The van der Waals surface area contributed by atoms with Gasteiger partial charge in [0.1, 0.15) is 0 Å². The Labute approximate surface area is 104 Å². The summed E-state index contributed by atoms with van der Waals surface area (Å²) in [5.41, 5.74) is 0. The van der Waals surface area contributed by atoms with Crippen LogP contribution in [-0.4, -0.2) is 25.0 Å². The fourth-order valence-corrected chi connectivity index (χ4v) is 1.70. The molecule has 0 aromatic carbocycles. The topological polar surface area (TPSA) is 60.7 Å². The summed E-state index contributed by atoms with van der Waals surface area (Å²) in [5.74, 6) is -2.22. The molecule has 0 aliphatic rings. The first-order valence-corrected chi connectivity index (χ1v) is 5.86. The molecule has 0 rings (SSSR count). The lowest BCUT2D eigenvalue weighted by Crippen LogP contribution is -2.30. The number of halogens is 3. The van der Waals surface area contributed by atoms with Crippen LogP contribution in [0.1, 0.15) is 32.6 Å². The third-order valence-electron chi connectivity index (χ3n) is 1.98. The van der Waals surface area contributed by atoms with E-state index in [0.29, 0.717) is 6.42 Å². The molecular formula is C9H15Cl3O3. The Hall–Kier alpha value is 0.01000. The molecule has 0 aliphatic heterocycles. The van der Waals surface area contributed by atoms with E-state index in [2.05, 4.69) is 0 Å². The molecule has 1 unspecified atom stereocenters. The zero-order valence-corrected chi connectivity index (χ0v) is 10.6. The summed E-state index contributed by atoms with van der Waals surface area (Å²) in [5, 5.41) is 25.7. The SMILES string of the molecule is CCCCCC(Cl)C(Cl)(Cl)C(O)=C(O)O. The molecule has 0 saturated carbocycles. The van der Waals surface area contributed by atoms with E-state index < -0.39 is 21.4 Å². The molecule has 0 bridgehead atoms. The molecule has 3 N–H and O–H groups in total. The third kappa shape index (κ3) is 4.58. The summed E-state index contributed by atoms with van der Waals surface area (Å²) in [6.07, 6.45) is 3.29. The highest BCUT2D eigenvalue weighted by Gasteiger charge is 2.40. The van der Waals surface area contributed by atoms with E-state index in [1.54, 1.807) is 0 Å². The minimum Gasteiger partial charge on any atom is -0.503 e. The second kappa shape index (κ2) is 6.56. The van der Waals surface area contributed by atoms with Crippen molar-refractivity contribution in [2.24, 2.45) is 0 Å². The smallest absolute Gasteiger partial charge is 0.317 e. The lowest BCUT2D eigenvalue weighted by Gasteiger charge is -2.23. The van der Waals surface area contributed by atoms with Crippen molar-refractivity contribution in [3.63, 3.8) is 0 Å². The van der Waals surface area contributed by atoms with Gasteiger partial charge in [0.25, 0.3) is 0 Å². The lowest BCUT2D eigenvalue weighted by molar-refractivity contribution is 0.152. The first-order valence-electron chi connectivity index (χ1n) is 4.67. The maximum Gasteiger partial charge on any atom is 0.317 e. The van der Waals surface area contributed by atoms with E-state index in [1.165, 1.54) is 0 Å². The molecule has 1 atom stereocenters. The number of unbranched alkanes of at least 4 members (excludes halogenated alkanes) is 2. The third-order valence-corrected chi connectivity index (χ3v) is 3.64. The van der Waals surface area contributed by atoms with Crippen LogP contribution in [0.2, 0.25) is 0 Å². The number of hydrogen-bond acceptors (Lipinski definition) is 3. The van der Waals surface area contributed by atoms with Crippen LogP contribution in [0, 0.1) is 0 Å². The summed E-state index contributed by atoms with van der Waals surface area (Å²) in [6, 6.07) is 0. The molecule has 0 spiro atoms. The van der Waals surface area contributed by atoms with Crippen LogP contribution < -0.4 is 0 Å². The van der Waals surface area contributed by atoms with Crippen LogP contribution in [-0.2, 0) is 0 Å². The van der Waals surface area contributed by atoms with Gasteiger partial charge < -0.3 is 15.3 Å². The van der Waals surface area contributed by atoms with Crippen LogP contribution in [0.4, 0.5) is 0 Å². The summed E-state index contributed by atoms with van der Waals surface area (Å²) in [6.45, 7) is 2.04. The van der Waals surface area contributed by atoms with Crippen LogP contribution in [0.5, 0.6) is 0 Å². The average molecular weight is 278 g/mol. The molecule has 0 saturated heterocycles. The van der Waals surface area contributed by atoms with Crippen molar-refractivity contribution in [3.05, 3.63) is 11.7 Å². The zero-order chi connectivity index (χ0) is 12.1. The maximum absolute atomic E-state index is 9.21. The van der Waals surface area contributed by atoms with Crippen molar-refractivity contribution in [2.45, 2.75) is 42.3 Å². The first kappa shape index (κ1) is 15.0. The average Bonchev–Trinajstić information content (AvgIpc) is 2.16. The normalized spacial score (nSPS) is 13.6. The van der Waals surface area contributed by atoms with E-state index in [1.807, 2.05) is 6.92 Å². The first-order chi connectivity index (χ1) is 6.84. The maximum atomic E-state index is 9.21. The Morgan fingerprint density at radius 1 is 1.20 bits per heavy atom. The highest BCUT2D eigenvalue weighted by atomic mass is 35.5. The van der Waals surface area contributed by atoms with E-state index in [4.69, 9.17) is 45.0 Å². The van der Waals surface area contributed by atoms with Crippen LogP contribution in [0.3, 0.4) is 0 Å². The minimum atomic E-state index is -1.87. The minimum absolute atomic E-state index is 0.486. The molecule has 6 heteroatoms. The van der Waals surface area contributed by atoms with Gasteiger partial charge in [-0.3, -0.25) is 0 Å². The van der Waals surface area contributed by atoms with Gasteiger partial charge in [-0.15, -0.1) is 11.6 Å². The fraction of sp³-hybridized carbons (Fsp3) is 0.778. The molecule has 0 aliphatic carbocycles. The molecule has 90 valence electrons. The van der Waals surface area contributed by atoms with Crippen molar-refractivity contribution >= 4 is 34.8 Å². The van der Waals surface area contributed by atoms with Crippen molar-refractivity contribution in [1.29, 1.82) is 0 Å². The monoisotopic (exact) mass is 276 g/mol. The number of aliphatic hydroxyl groups is 3. The van der Waals surface area contributed by atoms with Crippen molar-refractivity contribution in [2.75, 3.05) is 0 Å². The summed E-state index contributed by atoms with van der Waals surface area (Å²) in [4.78, 5) is 0. The van der Waals surface area contributed by atoms with Crippen molar-refractivity contribution in [1.82, 2.24) is 0 Å². The van der Waals surface area contributed by atoms with Gasteiger partial charge in [-0.25, -0.2) is 0 Å². The predicted molar refractivity (Wildman–Crippen MR) is 63.1 cm³/mol. The second-order valence-corrected chi connectivity index (χ2v) is 5.17. The van der Waals surface area contributed by atoms with Crippen LogP contribution >= 0.6 is 34.8 Å². The van der Waals surface area contributed by atoms with Crippen LogP contribution in [0.25, 0.3) is 0 Å². The Balaban J connectivity index is 4.39. The quantitative estimate of drug-likeness (QED) is 0.387. The number of hydrogen-bond donors (Lipinski definition) is 3. The van der Waals surface area contributed by atoms with Gasteiger partial charge in [0.2, 0.25) is 5.76 Å². The molecule has 0 aromatic heterocycles. The van der Waals surface area contributed by atoms with E-state index >= 15 is 0 Å². The van der Waals surface area contributed by atoms with Gasteiger partial charge in [-0.1, -0.05) is 49.4 Å². The van der Waals surface area contributed by atoms with E-state index in [-0.39, 0.29) is 0 Å². The zero-order valence-electron chi connectivity index (χ0n) is 8.38. The molecule has 15 heavy (non-hydrogen) atoms. The van der Waals surface area contributed by atoms with Gasteiger partial charge in [-0.05, 0) is 6.42 Å². The number of allylic oxidation sites excluding steroid dienone is 1. The molecule has 0 heterocycles. The molecule has 0 aromatic rings. The van der Waals surface area contributed by atoms with Gasteiger partial charge >= 0.3 is 5.95 Å². The molecule has 0 fully saturated rings. The Morgan fingerprint density at radius 3 is 2.13 bits per heavy atom. The highest BCUT2D eigenvalue weighted by molar-refractivity contribution is 6.54. The number of aliphatic hydroxyl groups excluding tert-OH is 2. The summed E-state index contributed by atoms with van der Waals surface area (Å²) < 4.78 is -1.87. The van der Waals surface area contributed by atoms with Crippen molar-refractivity contribution in [3.8, 4) is 0 Å². The van der Waals surface area contributed by atoms with Crippen LogP contribution in [0.15, 0.2) is 11.7 Å². The Morgan fingerprint density at radius 2 is 1.73 bits per heavy atom. The Bertz CT molecular complexity index is 225. The highest BCUT2D eigenvalue weighted by Crippen LogP contribution is 2.38. The standard InChI is InChI=1S/C9H15Cl3O3/c1-2-3-4-5-6(10)9(11,12)7(13)8(14)15/h6,13-15H,2-5H2,1H3. The van der Waals surface area contributed by atoms with Crippen molar-refractivity contribution < 1.29 is 15.3 Å². The lowest BCUT2D eigenvalue weighted by atomic mass is 10.1. The molecular weight excluding hydrogens is 262 g/mol. The molecule has 0 radical (unpaired) electrons. The summed E-state index contributed by atoms with van der Waals surface area (Å²) >= 11 is 17.3. The van der Waals surface area contributed by atoms with Gasteiger partial charge in [0.15, 0.2) is 4.33 Å². The van der Waals surface area contributed by atoms with Gasteiger partial charge in [0, 0.05) is 0 Å². The number of alkyl halides is 3. The van der Waals surface area contributed by atoms with Gasteiger partial charge in [0.05, 0.1) is 5.38 Å².